The lowest BCUT2D eigenvalue weighted by Gasteiger charge is -2.11. The molecule has 112 valence electrons. The lowest BCUT2D eigenvalue weighted by Crippen LogP contribution is -1.92. The first-order chi connectivity index (χ1) is 9.68. The van der Waals surface area contributed by atoms with Crippen LogP contribution in [0.25, 0.3) is 0 Å². The van der Waals surface area contributed by atoms with Gasteiger partial charge >= 0.3 is 0 Å². The Balaban J connectivity index is 2.39. The van der Waals surface area contributed by atoms with Gasteiger partial charge in [0.2, 0.25) is 0 Å². The Labute approximate surface area is 152 Å². The van der Waals surface area contributed by atoms with E-state index in [-0.39, 0.29) is 4.90 Å². The Bertz CT molecular complexity index is 810. The standard InChI is InChI=1S/C12H5Br2Cl3O3S/c13-7-4-10(16)12(5-9(7)15)20-11-2-1-6(3-8(11)14)21(17,18)19/h1-5H. The van der Waals surface area contributed by atoms with Crippen LogP contribution in [0.2, 0.25) is 10.0 Å². The highest BCUT2D eigenvalue weighted by Gasteiger charge is 2.14. The molecule has 0 N–H and O–H groups in total. The van der Waals surface area contributed by atoms with Crippen molar-refractivity contribution in [2.45, 2.75) is 4.90 Å². The van der Waals surface area contributed by atoms with E-state index in [0.29, 0.717) is 30.5 Å². The quantitative estimate of drug-likeness (QED) is 0.374. The summed E-state index contributed by atoms with van der Waals surface area (Å²) in [5.74, 6) is 0.714. The average Bonchev–Trinajstić information content (AvgIpc) is 2.36. The number of rotatable bonds is 3. The second-order valence-electron chi connectivity index (χ2n) is 3.83. The van der Waals surface area contributed by atoms with Gasteiger partial charge in [-0.3, -0.25) is 0 Å². The van der Waals surface area contributed by atoms with Crippen LogP contribution in [-0.2, 0) is 9.05 Å². The maximum Gasteiger partial charge on any atom is 0.261 e. The molecule has 0 saturated carbocycles. The van der Waals surface area contributed by atoms with E-state index in [9.17, 15) is 8.42 Å². The monoisotopic (exact) mass is 492 g/mol. The fourth-order valence-electron chi connectivity index (χ4n) is 1.42. The van der Waals surface area contributed by atoms with E-state index in [2.05, 4.69) is 31.9 Å². The van der Waals surface area contributed by atoms with E-state index in [1.807, 2.05) is 0 Å². The molecule has 21 heavy (non-hydrogen) atoms. The summed E-state index contributed by atoms with van der Waals surface area (Å²) in [6, 6.07) is 7.28. The molecule has 2 aromatic carbocycles. The van der Waals surface area contributed by atoms with Crippen LogP contribution in [0.4, 0.5) is 0 Å². The smallest absolute Gasteiger partial charge is 0.261 e. The van der Waals surface area contributed by atoms with Crippen molar-refractivity contribution in [1.29, 1.82) is 0 Å². The molecule has 0 atom stereocenters. The van der Waals surface area contributed by atoms with Crippen LogP contribution in [0.1, 0.15) is 0 Å². The molecule has 0 unspecified atom stereocenters. The molecule has 0 radical (unpaired) electrons. The van der Waals surface area contributed by atoms with E-state index in [0.717, 1.165) is 0 Å². The number of benzene rings is 2. The summed E-state index contributed by atoms with van der Waals surface area (Å²) < 4.78 is 29.2. The van der Waals surface area contributed by atoms with Gasteiger partial charge < -0.3 is 4.74 Å². The van der Waals surface area contributed by atoms with Crippen molar-refractivity contribution in [3.8, 4) is 11.5 Å². The Morgan fingerprint density at radius 2 is 1.57 bits per heavy atom. The zero-order valence-corrected chi connectivity index (χ0v) is 16.2. The molecule has 3 nitrogen and oxygen atoms in total. The summed E-state index contributed by atoms with van der Waals surface area (Å²) in [5, 5.41) is 0.790. The first-order valence-electron chi connectivity index (χ1n) is 5.25. The van der Waals surface area contributed by atoms with Crippen LogP contribution in [0.3, 0.4) is 0 Å². The second-order valence-corrected chi connectivity index (χ2v) is 8.92. The maximum atomic E-state index is 11.3. The maximum absolute atomic E-state index is 11.3. The van der Waals surface area contributed by atoms with Gasteiger partial charge in [0.25, 0.3) is 9.05 Å². The second kappa shape index (κ2) is 6.64. The van der Waals surface area contributed by atoms with Gasteiger partial charge in [0.05, 0.1) is 19.4 Å². The first kappa shape index (κ1) is 17.4. The predicted molar refractivity (Wildman–Crippen MR) is 91.4 cm³/mol. The molecule has 0 aliphatic carbocycles. The number of hydrogen-bond acceptors (Lipinski definition) is 3. The Hall–Kier alpha value is 0.0200. The van der Waals surface area contributed by atoms with Crippen molar-refractivity contribution < 1.29 is 13.2 Å². The Morgan fingerprint density at radius 3 is 2.14 bits per heavy atom. The van der Waals surface area contributed by atoms with Crippen molar-refractivity contribution in [2.75, 3.05) is 0 Å². The zero-order valence-electron chi connectivity index (χ0n) is 9.91. The third-order valence-electron chi connectivity index (χ3n) is 2.38. The van der Waals surface area contributed by atoms with Crippen LogP contribution < -0.4 is 4.74 Å². The van der Waals surface area contributed by atoms with Gasteiger partial charge in [-0.2, -0.15) is 0 Å². The highest BCUT2D eigenvalue weighted by Crippen LogP contribution is 2.39. The first-order valence-corrected chi connectivity index (χ1v) is 9.90. The third-order valence-corrected chi connectivity index (χ3v) is 5.84. The zero-order chi connectivity index (χ0) is 15.8. The fraction of sp³-hybridized carbons (Fsp3) is 0. The largest absolute Gasteiger partial charge is 0.455 e. The van der Waals surface area contributed by atoms with Crippen LogP contribution >= 0.6 is 65.7 Å². The molecule has 0 aromatic heterocycles. The van der Waals surface area contributed by atoms with Crippen LogP contribution in [0.15, 0.2) is 44.2 Å². The topological polar surface area (TPSA) is 43.4 Å². The van der Waals surface area contributed by atoms with Gasteiger partial charge in [0, 0.05) is 21.2 Å². The van der Waals surface area contributed by atoms with Crippen molar-refractivity contribution in [3.63, 3.8) is 0 Å². The van der Waals surface area contributed by atoms with Crippen molar-refractivity contribution >= 4 is 74.8 Å². The van der Waals surface area contributed by atoms with Crippen LogP contribution in [0.5, 0.6) is 11.5 Å². The molecule has 0 saturated heterocycles. The van der Waals surface area contributed by atoms with Crippen LogP contribution in [0, 0.1) is 0 Å². The molecule has 9 heteroatoms. The number of halogens is 5. The molecule has 0 heterocycles. The minimum atomic E-state index is -3.80. The van der Waals surface area contributed by atoms with Crippen molar-refractivity contribution in [1.82, 2.24) is 0 Å². The Kier molecular flexibility index (Phi) is 5.50. The molecule has 0 fully saturated rings. The van der Waals surface area contributed by atoms with Gasteiger partial charge in [-0.25, -0.2) is 8.42 Å². The van der Waals surface area contributed by atoms with Gasteiger partial charge in [-0.15, -0.1) is 0 Å². The Morgan fingerprint density at radius 1 is 0.905 bits per heavy atom. The van der Waals surface area contributed by atoms with E-state index < -0.39 is 9.05 Å². The van der Waals surface area contributed by atoms with Crippen molar-refractivity contribution in [2.24, 2.45) is 0 Å². The van der Waals surface area contributed by atoms with E-state index in [1.165, 1.54) is 18.2 Å². The highest BCUT2D eigenvalue weighted by atomic mass is 79.9. The summed E-state index contributed by atoms with van der Waals surface area (Å²) in [6.07, 6.45) is 0. The predicted octanol–water partition coefficient (Wildman–Crippen LogP) is 6.24. The van der Waals surface area contributed by atoms with E-state index in [4.69, 9.17) is 38.6 Å². The normalized spacial score (nSPS) is 11.5. The van der Waals surface area contributed by atoms with Gasteiger partial charge in [0.1, 0.15) is 11.5 Å². The molecule has 0 aliphatic rings. The molecule has 0 aliphatic heterocycles. The summed E-state index contributed by atoms with van der Waals surface area (Å²) in [4.78, 5) is -0.0386. The fourth-order valence-corrected chi connectivity index (χ4v) is 3.64. The third kappa shape index (κ3) is 4.27. The lowest BCUT2D eigenvalue weighted by atomic mass is 10.3. The van der Waals surface area contributed by atoms with Gasteiger partial charge in [-0.05, 0) is 56.1 Å². The lowest BCUT2D eigenvalue weighted by molar-refractivity contribution is 0.479. The average molecular weight is 495 g/mol. The number of ether oxygens (including phenoxy) is 1. The molecule has 2 aromatic rings. The molecule has 0 spiro atoms. The summed E-state index contributed by atoms with van der Waals surface area (Å²) in [6.45, 7) is 0. The van der Waals surface area contributed by atoms with Crippen LogP contribution in [-0.4, -0.2) is 8.42 Å². The van der Waals surface area contributed by atoms with E-state index in [1.54, 1.807) is 12.1 Å². The van der Waals surface area contributed by atoms with Crippen molar-refractivity contribution in [3.05, 3.63) is 49.3 Å². The van der Waals surface area contributed by atoms with E-state index >= 15 is 0 Å². The molecule has 0 amide bonds. The molecule has 2 rings (SSSR count). The SMILES string of the molecule is O=S(=O)(Cl)c1ccc(Oc2cc(Cl)c(Br)cc2Cl)c(Br)c1. The van der Waals surface area contributed by atoms with Gasteiger partial charge in [0.15, 0.2) is 0 Å². The van der Waals surface area contributed by atoms with Gasteiger partial charge in [-0.1, -0.05) is 23.2 Å². The molecule has 0 bridgehead atoms. The minimum Gasteiger partial charge on any atom is -0.455 e. The summed E-state index contributed by atoms with van der Waals surface area (Å²) >= 11 is 18.5. The summed E-state index contributed by atoms with van der Waals surface area (Å²) in [7, 11) is 1.47. The minimum absolute atomic E-state index is 0.0386. The number of hydrogen-bond donors (Lipinski definition) is 0. The highest BCUT2D eigenvalue weighted by molar-refractivity contribution is 9.10. The molecular formula is C12H5Br2Cl3O3S. The summed E-state index contributed by atoms with van der Waals surface area (Å²) in [5.41, 5.74) is 0. The molecular weight excluding hydrogens is 490 g/mol.